The first-order valence-electron chi connectivity index (χ1n) is 8.22. The van der Waals surface area contributed by atoms with Gasteiger partial charge in [0.1, 0.15) is 0 Å². The Morgan fingerprint density at radius 2 is 0.909 bits per heavy atom. The van der Waals surface area contributed by atoms with E-state index in [1.807, 2.05) is 23.5 Å². The molecule has 0 saturated carbocycles. The average molecular weight is 351 g/mol. The number of unbranched alkanes of at least 4 members (excludes halogenated alkanes) is 6. The smallest absolute Gasteiger partial charge is 0.303 e. The normalized spacial score (nSPS) is 10.7. The van der Waals surface area contributed by atoms with Crippen LogP contribution in [0.4, 0.5) is 0 Å². The number of carboxylic acids is 2. The molecule has 0 atom stereocenters. The number of thioether (sulfide) groups is 2. The van der Waals surface area contributed by atoms with E-state index in [4.69, 9.17) is 10.2 Å². The molecule has 0 fully saturated rings. The summed E-state index contributed by atoms with van der Waals surface area (Å²) in [5.41, 5.74) is 0. The maximum absolute atomic E-state index is 10.3. The van der Waals surface area contributed by atoms with Gasteiger partial charge in [-0.3, -0.25) is 9.59 Å². The lowest BCUT2D eigenvalue weighted by molar-refractivity contribution is -0.138. The third kappa shape index (κ3) is 19.6. The van der Waals surface area contributed by atoms with Gasteiger partial charge in [-0.15, -0.1) is 0 Å². The molecule has 0 aromatic heterocycles. The van der Waals surface area contributed by atoms with Crippen LogP contribution in [0, 0.1) is 0 Å². The number of rotatable bonds is 17. The van der Waals surface area contributed by atoms with Gasteiger partial charge < -0.3 is 10.2 Å². The average Bonchev–Trinajstić information content (AvgIpc) is 2.46. The van der Waals surface area contributed by atoms with Crippen LogP contribution in [0.25, 0.3) is 0 Å². The van der Waals surface area contributed by atoms with Crippen molar-refractivity contribution in [1.82, 2.24) is 0 Å². The van der Waals surface area contributed by atoms with E-state index in [2.05, 4.69) is 0 Å². The molecule has 130 valence electrons. The summed E-state index contributed by atoms with van der Waals surface area (Å²) in [7, 11) is 0. The number of aliphatic carboxylic acids is 2. The second-order valence-corrected chi connectivity index (χ2v) is 7.79. The molecule has 0 unspecified atom stereocenters. The van der Waals surface area contributed by atoms with Crippen LogP contribution in [0.15, 0.2) is 0 Å². The number of hydrogen-bond acceptors (Lipinski definition) is 4. The summed E-state index contributed by atoms with van der Waals surface area (Å²) in [6.45, 7) is 0. The van der Waals surface area contributed by atoms with E-state index in [9.17, 15) is 9.59 Å². The summed E-state index contributed by atoms with van der Waals surface area (Å²) in [5, 5.41) is 17.0. The molecule has 0 aliphatic rings. The molecule has 0 aromatic rings. The fourth-order valence-corrected chi connectivity index (χ4v) is 4.16. The van der Waals surface area contributed by atoms with Crippen LogP contribution >= 0.6 is 23.5 Å². The zero-order chi connectivity index (χ0) is 16.5. The van der Waals surface area contributed by atoms with E-state index >= 15 is 0 Å². The molecule has 0 rings (SSSR count). The van der Waals surface area contributed by atoms with Crippen molar-refractivity contribution < 1.29 is 19.8 Å². The van der Waals surface area contributed by atoms with Crippen LogP contribution in [-0.2, 0) is 9.59 Å². The second-order valence-electron chi connectivity index (χ2n) is 5.34. The highest BCUT2D eigenvalue weighted by Crippen LogP contribution is 2.13. The van der Waals surface area contributed by atoms with Gasteiger partial charge in [0.2, 0.25) is 0 Å². The maximum atomic E-state index is 10.3. The molecule has 6 heteroatoms. The summed E-state index contributed by atoms with van der Waals surface area (Å²) in [6.07, 6.45) is 8.96. The topological polar surface area (TPSA) is 74.6 Å². The Balaban J connectivity index is 2.99. The van der Waals surface area contributed by atoms with E-state index in [-0.39, 0.29) is 0 Å². The lowest BCUT2D eigenvalue weighted by Gasteiger charge is -2.03. The van der Waals surface area contributed by atoms with Crippen molar-refractivity contribution in [3.05, 3.63) is 0 Å². The lowest BCUT2D eigenvalue weighted by atomic mass is 10.2. The van der Waals surface area contributed by atoms with Crippen molar-refractivity contribution in [1.29, 1.82) is 0 Å². The summed E-state index contributed by atoms with van der Waals surface area (Å²) in [5.74, 6) is 3.38. The summed E-state index contributed by atoms with van der Waals surface area (Å²) >= 11 is 3.98. The lowest BCUT2D eigenvalue weighted by Crippen LogP contribution is -1.94. The van der Waals surface area contributed by atoms with Crippen molar-refractivity contribution in [2.24, 2.45) is 0 Å². The number of hydrogen-bond donors (Lipinski definition) is 2. The Morgan fingerprint density at radius 1 is 0.545 bits per heavy atom. The molecule has 0 radical (unpaired) electrons. The second kappa shape index (κ2) is 17.0. The van der Waals surface area contributed by atoms with Crippen LogP contribution < -0.4 is 0 Å². The Bertz CT molecular complexity index is 257. The molecule has 0 aliphatic carbocycles. The molecule has 0 aliphatic heterocycles. The van der Waals surface area contributed by atoms with Crippen molar-refractivity contribution in [2.45, 2.75) is 64.2 Å². The highest BCUT2D eigenvalue weighted by molar-refractivity contribution is 8.02. The molecule has 0 aromatic carbocycles. The largest absolute Gasteiger partial charge is 0.481 e. The highest BCUT2D eigenvalue weighted by atomic mass is 32.2. The molecule has 0 bridgehead atoms. The first-order chi connectivity index (χ1) is 10.6. The molecule has 0 spiro atoms. The van der Waals surface area contributed by atoms with Crippen LogP contribution in [0.2, 0.25) is 0 Å². The summed E-state index contributed by atoms with van der Waals surface area (Å²) in [6, 6.07) is 0. The zero-order valence-electron chi connectivity index (χ0n) is 13.4. The van der Waals surface area contributed by atoms with Crippen LogP contribution in [0.1, 0.15) is 64.2 Å². The van der Waals surface area contributed by atoms with Gasteiger partial charge >= 0.3 is 11.9 Å². The van der Waals surface area contributed by atoms with Gasteiger partial charge in [0, 0.05) is 24.3 Å². The first kappa shape index (κ1) is 21.6. The number of carboxylic acid groups (broad SMARTS) is 2. The fourth-order valence-electron chi connectivity index (χ4n) is 1.99. The third-order valence-electron chi connectivity index (χ3n) is 3.23. The summed E-state index contributed by atoms with van der Waals surface area (Å²) in [4.78, 5) is 20.7. The van der Waals surface area contributed by atoms with E-state index in [0.29, 0.717) is 12.8 Å². The minimum Gasteiger partial charge on any atom is -0.481 e. The monoisotopic (exact) mass is 350 g/mol. The zero-order valence-corrected chi connectivity index (χ0v) is 15.1. The van der Waals surface area contributed by atoms with Gasteiger partial charge in [-0.05, 0) is 37.2 Å². The summed E-state index contributed by atoms with van der Waals surface area (Å²) < 4.78 is 0. The molecular formula is C16H30O4S2. The maximum Gasteiger partial charge on any atom is 0.303 e. The Morgan fingerprint density at radius 3 is 1.27 bits per heavy atom. The SMILES string of the molecule is O=C(O)CCCCCCSCCSCCCCCCC(=O)O. The molecular weight excluding hydrogens is 320 g/mol. The van der Waals surface area contributed by atoms with E-state index in [1.54, 1.807) is 0 Å². The van der Waals surface area contributed by atoms with Crippen molar-refractivity contribution in [3.8, 4) is 0 Å². The van der Waals surface area contributed by atoms with Gasteiger partial charge in [-0.25, -0.2) is 0 Å². The number of carbonyl (C=O) groups is 2. The quantitative estimate of drug-likeness (QED) is 0.376. The Hall–Kier alpha value is -0.360. The standard InChI is InChI=1S/C16H30O4S2/c17-15(18)9-5-1-3-7-11-21-13-14-22-12-8-4-2-6-10-16(19)20/h1-14H2,(H,17,18)(H,19,20). The van der Waals surface area contributed by atoms with Crippen LogP contribution in [-0.4, -0.2) is 45.2 Å². The van der Waals surface area contributed by atoms with Crippen LogP contribution in [0.5, 0.6) is 0 Å². The van der Waals surface area contributed by atoms with Gasteiger partial charge in [-0.1, -0.05) is 25.7 Å². The Kier molecular flexibility index (Phi) is 16.7. The minimum absolute atomic E-state index is 0.306. The van der Waals surface area contributed by atoms with Gasteiger partial charge in [0.05, 0.1) is 0 Å². The van der Waals surface area contributed by atoms with Crippen molar-refractivity contribution >= 4 is 35.5 Å². The minimum atomic E-state index is -0.687. The van der Waals surface area contributed by atoms with E-state index < -0.39 is 11.9 Å². The van der Waals surface area contributed by atoms with Gasteiger partial charge in [0.15, 0.2) is 0 Å². The fraction of sp³-hybridized carbons (Fsp3) is 0.875. The molecule has 0 heterocycles. The molecule has 0 saturated heterocycles. The molecule has 2 N–H and O–H groups in total. The highest BCUT2D eigenvalue weighted by Gasteiger charge is 1.98. The van der Waals surface area contributed by atoms with Crippen LogP contribution in [0.3, 0.4) is 0 Å². The Labute approximate surface area is 142 Å². The van der Waals surface area contributed by atoms with E-state index in [1.165, 1.54) is 35.9 Å². The third-order valence-corrected chi connectivity index (χ3v) is 5.63. The molecule has 4 nitrogen and oxygen atoms in total. The molecule has 0 amide bonds. The van der Waals surface area contributed by atoms with Crippen molar-refractivity contribution in [3.63, 3.8) is 0 Å². The molecule has 22 heavy (non-hydrogen) atoms. The first-order valence-corrected chi connectivity index (χ1v) is 10.5. The van der Waals surface area contributed by atoms with E-state index in [0.717, 1.165) is 38.5 Å². The van der Waals surface area contributed by atoms with Gasteiger partial charge in [0.25, 0.3) is 0 Å². The predicted octanol–water partition coefficient (Wildman–Crippen LogP) is 4.52. The predicted molar refractivity (Wildman–Crippen MR) is 96.1 cm³/mol. The van der Waals surface area contributed by atoms with Gasteiger partial charge in [-0.2, -0.15) is 23.5 Å². The van der Waals surface area contributed by atoms with Crippen molar-refractivity contribution in [2.75, 3.05) is 23.0 Å².